The third-order valence-corrected chi connectivity index (χ3v) is 16.0. The number of fused-ring (bicyclic) bond motifs is 8. The predicted molar refractivity (Wildman–Crippen MR) is 290 cm³/mol. The minimum Gasteiger partial charge on any atom is -0.308 e. The van der Waals surface area contributed by atoms with Gasteiger partial charge < -0.3 is 9.80 Å². The van der Waals surface area contributed by atoms with E-state index in [9.17, 15) is 0 Å². The lowest BCUT2D eigenvalue weighted by Gasteiger charge is -2.34. The molecule has 0 N–H and O–H groups in total. The molecule has 0 atom stereocenters. The molecule has 4 heteroatoms. The Morgan fingerprint density at radius 3 is 1.09 bits per heavy atom. The largest absolute Gasteiger partial charge is 0.308 e. The summed E-state index contributed by atoms with van der Waals surface area (Å²) in [4.78, 5) is 9.91. The summed E-state index contributed by atoms with van der Waals surface area (Å²) < 4.78 is 0. The minimum atomic E-state index is 1.13. The molecule has 0 saturated carbocycles. The van der Waals surface area contributed by atoms with Gasteiger partial charge in [-0.15, -0.1) is 0 Å². The Kier molecular flexibility index (Phi) is 9.11. The molecule has 12 aromatic carbocycles. The van der Waals surface area contributed by atoms with Crippen LogP contribution in [-0.2, 0) is 0 Å². The van der Waals surface area contributed by atoms with Crippen molar-refractivity contribution in [1.29, 1.82) is 0 Å². The van der Waals surface area contributed by atoms with Crippen molar-refractivity contribution in [3.05, 3.63) is 243 Å². The van der Waals surface area contributed by atoms with E-state index in [4.69, 9.17) is 0 Å². The Balaban J connectivity index is 1.08. The summed E-state index contributed by atoms with van der Waals surface area (Å²) in [5.41, 5.74) is 14.3. The van der Waals surface area contributed by atoms with Gasteiger partial charge in [0, 0.05) is 31.0 Å². The van der Waals surface area contributed by atoms with Crippen LogP contribution in [0.4, 0.5) is 34.1 Å². The van der Waals surface area contributed by atoms with E-state index < -0.39 is 0 Å². The summed E-state index contributed by atoms with van der Waals surface area (Å²) in [6, 6.07) is 90.0. The molecule has 14 rings (SSSR count). The maximum Gasteiger partial charge on any atom is 0.0601 e. The summed E-state index contributed by atoms with van der Waals surface area (Å²) in [5, 5.41) is 9.74. The Hall–Kier alpha value is -8.02. The van der Waals surface area contributed by atoms with E-state index >= 15 is 0 Å². The van der Waals surface area contributed by atoms with Crippen molar-refractivity contribution < 1.29 is 0 Å². The number of anilines is 6. The molecule has 0 fully saturated rings. The minimum absolute atomic E-state index is 1.13. The fourth-order valence-electron chi connectivity index (χ4n) is 10.6. The molecule has 2 aliphatic rings. The number of hydrogen-bond acceptors (Lipinski definition) is 4. The van der Waals surface area contributed by atoms with Gasteiger partial charge in [0.1, 0.15) is 0 Å². The highest BCUT2D eigenvalue weighted by molar-refractivity contribution is 8.00. The SMILES string of the molecule is c1ccc(-c2ccc3cc(-c4c5ccc(N6c7ccccc7Sc7ccccc76)cc5c(-c5ccc6ccccc6c5)c5ccc(N6c7ccccc7Sc7ccccc76)cc45)ccc3c2)cc1. The van der Waals surface area contributed by atoms with Crippen molar-refractivity contribution in [1.82, 2.24) is 0 Å². The molecule has 12 aromatic rings. The zero-order chi connectivity index (χ0) is 44.7. The second kappa shape index (κ2) is 15.8. The lowest BCUT2D eigenvalue weighted by atomic mass is 9.84. The molecule has 0 aromatic heterocycles. The molecule has 0 spiro atoms. The number of hydrogen-bond donors (Lipinski definition) is 0. The third-order valence-electron chi connectivity index (χ3n) is 13.7. The van der Waals surface area contributed by atoms with Crippen LogP contribution in [0.1, 0.15) is 0 Å². The highest BCUT2D eigenvalue weighted by Gasteiger charge is 2.28. The number of para-hydroxylation sites is 4. The Morgan fingerprint density at radius 2 is 0.603 bits per heavy atom. The Bertz CT molecular complexity index is 3920. The third kappa shape index (κ3) is 6.36. The van der Waals surface area contributed by atoms with Gasteiger partial charge in [0.15, 0.2) is 0 Å². The molecular weight excluding hydrogens is 861 g/mol. The van der Waals surface area contributed by atoms with Crippen molar-refractivity contribution in [3.8, 4) is 33.4 Å². The van der Waals surface area contributed by atoms with E-state index in [1.165, 1.54) is 119 Å². The van der Waals surface area contributed by atoms with E-state index in [1.807, 2.05) is 23.5 Å². The van der Waals surface area contributed by atoms with Crippen LogP contribution in [0.2, 0.25) is 0 Å². The van der Waals surface area contributed by atoms with E-state index in [0.29, 0.717) is 0 Å². The van der Waals surface area contributed by atoms with Crippen molar-refractivity contribution >= 4 is 101 Å². The van der Waals surface area contributed by atoms with E-state index in [0.717, 1.165) is 11.4 Å². The van der Waals surface area contributed by atoms with Gasteiger partial charge in [0.2, 0.25) is 0 Å². The zero-order valence-corrected chi connectivity index (χ0v) is 38.4. The zero-order valence-electron chi connectivity index (χ0n) is 36.8. The fourth-order valence-corrected chi connectivity index (χ4v) is 12.7. The van der Waals surface area contributed by atoms with Crippen molar-refractivity contribution in [2.75, 3.05) is 9.80 Å². The first-order chi connectivity index (χ1) is 33.7. The Morgan fingerprint density at radius 1 is 0.235 bits per heavy atom. The smallest absolute Gasteiger partial charge is 0.0601 e. The number of nitrogens with zero attached hydrogens (tertiary/aromatic N) is 2. The quantitative estimate of drug-likeness (QED) is 0.159. The number of benzene rings is 12. The van der Waals surface area contributed by atoms with Crippen molar-refractivity contribution in [2.45, 2.75) is 19.6 Å². The molecule has 0 bridgehead atoms. The van der Waals surface area contributed by atoms with Crippen LogP contribution in [-0.4, -0.2) is 0 Å². The van der Waals surface area contributed by atoms with Crippen LogP contribution in [0.3, 0.4) is 0 Å². The van der Waals surface area contributed by atoms with Gasteiger partial charge in [0.05, 0.1) is 22.7 Å². The van der Waals surface area contributed by atoms with E-state index in [1.54, 1.807) is 0 Å². The average Bonchev–Trinajstić information content (AvgIpc) is 3.40. The van der Waals surface area contributed by atoms with Gasteiger partial charge in [-0.25, -0.2) is 0 Å². The second-order valence-corrected chi connectivity index (χ2v) is 19.8. The standard InChI is InChI=1S/C64H40N2S2/c1-2-14-41(15-3-1)44-27-28-46-38-48(31-29-45(46)36-44)64-52-35-33-49(65-55-18-6-10-22-59(55)67-60-23-11-7-19-56(60)65)39-53(52)63(47-30-26-42-16-4-5-17-43(42)37-47)51-34-32-50(40-54(51)64)66-57-20-8-12-24-61(57)68-62-25-13-9-21-58(62)66/h1-40H. The van der Waals surface area contributed by atoms with Gasteiger partial charge in [-0.3, -0.25) is 0 Å². The van der Waals surface area contributed by atoms with Gasteiger partial charge in [0.25, 0.3) is 0 Å². The summed E-state index contributed by atoms with van der Waals surface area (Å²) in [5.74, 6) is 0. The van der Waals surface area contributed by atoms with Crippen LogP contribution in [0.15, 0.2) is 262 Å². The highest BCUT2D eigenvalue weighted by atomic mass is 32.2. The lowest BCUT2D eigenvalue weighted by Crippen LogP contribution is -2.15. The molecule has 0 amide bonds. The maximum absolute atomic E-state index is 2.46. The average molecular weight is 901 g/mol. The lowest BCUT2D eigenvalue weighted by molar-refractivity contribution is 1.17. The first-order valence-electron chi connectivity index (χ1n) is 23.1. The van der Waals surface area contributed by atoms with Crippen LogP contribution < -0.4 is 9.80 Å². The molecule has 2 nitrogen and oxygen atoms in total. The van der Waals surface area contributed by atoms with E-state index in [-0.39, 0.29) is 0 Å². The molecule has 68 heavy (non-hydrogen) atoms. The molecule has 2 heterocycles. The van der Waals surface area contributed by atoms with Gasteiger partial charge in [-0.2, -0.15) is 0 Å². The van der Waals surface area contributed by atoms with Crippen LogP contribution in [0.25, 0.3) is 76.5 Å². The molecular formula is C64H40N2S2. The summed E-state index contributed by atoms with van der Waals surface area (Å²) in [6.45, 7) is 0. The molecule has 0 radical (unpaired) electrons. The van der Waals surface area contributed by atoms with Crippen molar-refractivity contribution in [3.63, 3.8) is 0 Å². The summed E-state index contributed by atoms with van der Waals surface area (Å²) in [6.07, 6.45) is 0. The van der Waals surface area contributed by atoms with Crippen LogP contribution in [0, 0.1) is 0 Å². The van der Waals surface area contributed by atoms with Crippen LogP contribution >= 0.6 is 23.5 Å². The van der Waals surface area contributed by atoms with Gasteiger partial charge in [-0.05, 0) is 167 Å². The summed E-state index contributed by atoms with van der Waals surface area (Å²) in [7, 11) is 0. The van der Waals surface area contributed by atoms with E-state index in [2.05, 4.69) is 252 Å². The normalized spacial score (nSPS) is 12.8. The van der Waals surface area contributed by atoms with Crippen molar-refractivity contribution in [2.24, 2.45) is 0 Å². The highest BCUT2D eigenvalue weighted by Crippen LogP contribution is 2.55. The topological polar surface area (TPSA) is 6.48 Å². The molecule has 0 aliphatic carbocycles. The first kappa shape index (κ1) is 39.2. The number of rotatable bonds is 5. The second-order valence-electron chi connectivity index (χ2n) is 17.7. The molecule has 0 saturated heterocycles. The molecule has 0 unspecified atom stereocenters. The maximum atomic E-state index is 2.46. The first-order valence-corrected chi connectivity index (χ1v) is 24.8. The predicted octanol–water partition coefficient (Wildman–Crippen LogP) is 19.2. The monoisotopic (exact) mass is 900 g/mol. The Labute approximate surface area is 403 Å². The summed E-state index contributed by atoms with van der Waals surface area (Å²) >= 11 is 3.69. The van der Waals surface area contributed by atoms with Gasteiger partial charge >= 0.3 is 0 Å². The fraction of sp³-hybridized carbons (Fsp3) is 0. The van der Waals surface area contributed by atoms with Gasteiger partial charge in [-0.1, -0.05) is 175 Å². The van der Waals surface area contributed by atoms with Crippen LogP contribution in [0.5, 0.6) is 0 Å². The molecule has 318 valence electrons. The molecule has 2 aliphatic heterocycles.